The lowest BCUT2D eigenvalue weighted by atomic mass is 10.0. The molecule has 3 atom stereocenters. The number of hydrogen-bond donors (Lipinski definition) is 2. The first-order chi connectivity index (χ1) is 37.4. The van der Waals surface area contributed by atoms with Crippen LogP contribution in [-0.2, 0) is 27.9 Å². The highest BCUT2D eigenvalue weighted by Crippen LogP contribution is 2.43. The zero-order chi connectivity index (χ0) is 56.4. The van der Waals surface area contributed by atoms with E-state index in [0.29, 0.717) is 23.9 Å². The Balaban J connectivity index is 5.19. The Hall–Kier alpha value is -2.55. The summed E-state index contributed by atoms with van der Waals surface area (Å²) in [7, 11) is 1.47. The summed E-state index contributed by atoms with van der Waals surface area (Å²) >= 11 is 0. The van der Waals surface area contributed by atoms with E-state index >= 15 is 0 Å². The van der Waals surface area contributed by atoms with Crippen molar-refractivity contribution < 1.29 is 37.3 Å². The normalized spacial score (nSPS) is 14.1. The van der Waals surface area contributed by atoms with Crippen molar-refractivity contribution in [3.8, 4) is 0 Å². The Morgan fingerprint density at radius 1 is 0.455 bits per heavy atom. The minimum atomic E-state index is -4.46. The first-order valence-corrected chi connectivity index (χ1v) is 33.8. The number of hydrogen-bond acceptors (Lipinski definition) is 6. The Kier molecular flexibility index (Phi) is 54.8. The molecule has 0 aliphatic carbocycles. The largest absolute Gasteiger partial charge is 0.472 e. The van der Waals surface area contributed by atoms with Crippen LogP contribution in [0, 0.1) is 0 Å². The van der Waals surface area contributed by atoms with E-state index in [-0.39, 0.29) is 31.5 Å². The van der Waals surface area contributed by atoms with Crippen LogP contribution in [0.2, 0.25) is 0 Å². The van der Waals surface area contributed by atoms with Crippen molar-refractivity contribution in [3.05, 3.63) is 72.9 Å². The molecular formula is C67H124N2O7P+. The molecule has 77 heavy (non-hydrogen) atoms. The number of ether oxygens (including phenoxy) is 1. The zero-order valence-corrected chi connectivity index (χ0v) is 52.1. The van der Waals surface area contributed by atoms with Crippen molar-refractivity contribution in [2.45, 2.75) is 303 Å². The maximum absolute atomic E-state index is 13.6. The highest BCUT2D eigenvalue weighted by atomic mass is 31.2. The van der Waals surface area contributed by atoms with Crippen LogP contribution in [-0.4, -0.2) is 74.3 Å². The molecular weight excluding hydrogens is 976 g/mol. The van der Waals surface area contributed by atoms with Crippen LogP contribution in [0.5, 0.6) is 0 Å². The van der Waals surface area contributed by atoms with Gasteiger partial charge in [-0.2, -0.15) is 0 Å². The molecule has 9 nitrogen and oxygen atoms in total. The fourth-order valence-electron chi connectivity index (χ4n) is 9.10. The molecule has 0 aromatic carbocycles. The van der Waals surface area contributed by atoms with Crippen LogP contribution in [0.1, 0.15) is 290 Å². The van der Waals surface area contributed by atoms with Gasteiger partial charge in [-0.25, -0.2) is 4.57 Å². The van der Waals surface area contributed by atoms with Gasteiger partial charge in [0.15, 0.2) is 0 Å². The van der Waals surface area contributed by atoms with Crippen molar-refractivity contribution in [1.82, 2.24) is 5.32 Å². The van der Waals surface area contributed by atoms with Crippen LogP contribution in [0.15, 0.2) is 72.9 Å². The molecule has 0 aromatic heterocycles. The number of phosphoric ester groups is 1. The Bertz CT molecular complexity index is 1550. The van der Waals surface area contributed by atoms with E-state index < -0.39 is 20.0 Å². The number of likely N-dealkylation sites (N-methyl/N-ethyl adjacent to an activating group) is 1. The standard InChI is InChI=1S/C67H123N2O7P/c1-7-10-13-16-19-22-25-27-29-31-32-33-34-35-36-38-39-41-44-47-50-53-56-59-66(70)68-64(63-75-77(72,73)74-62-61-69(4,5)6)65(58-55-52-49-46-43-24-21-18-15-12-9-3)76-67(71)60-57-54-51-48-45-42-40-37-30-28-26-23-20-17-14-11-8-2/h20,23,27-30,40,42,48,51,55,58,64-65H,7-19,21-22,24-26,31-39,41,43-47,49-50,52-54,56-57,59-63H2,1-6H3,(H-,68,70,72,73)/p+1/b23-20-,29-27+,30-28-,42-40-,51-48-,58-55-. The molecule has 10 heteroatoms. The predicted octanol–water partition coefficient (Wildman–Crippen LogP) is 20.0. The molecule has 1 amide bonds. The van der Waals surface area contributed by atoms with E-state index in [1.807, 2.05) is 33.3 Å². The Morgan fingerprint density at radius 2 is 0.805 bits per heavy atom. The van der Waals surface area contributed by atoms with Crippen molar-refractivity contribution >= 4 is 19.7 Å². The summed E-state index contributed by atoms with van der Waals surface area (Å²) in [4.78, 5) is 37.7. The number of carbonyl (C=O) groups is 2. The highest BCUT2D eigenvalue weighted by Gasteiger charge is 2.30. The van der Waals surface area contributed by atoms with Gasteiger partial charge in [0.25, 0.3) is 0 Å². The second-order valence-corrected chi connectivity index (χ2v) is 24.4. The van der Waals surface area contributed by atoms with Crippen LogP contribution in [0.4, 0.5) is 0 Å². The third kappa shape index (κ3) is 57.9. The number of rotatable bonds is 58. The minimum Gasteiger partial charge on any atom is -0.456 e. The molecule has 0 saturated carbocycles. The summed E-state index contributed by atoms with van der Waals surface area (Å²) in [6, 6.07) is -0.872. The molecule has 0 aliphatic heterocycles. The average Bonchev–Trinajstić information content (AvgIpc) is 3.39. The maximum Gasteiger partial charge on any atom is 0.472 e. The summed E-state index contributed by atoms with van der Waals surface area (Å²) < 4.78 is 30.6. The molecule has 0 heterocycles. The molecule has 0 bridgehead atoms. The van der Waals surface area contributed by atoms with Gasteiger partial charge >= 0.3 is 13.8 Å². The molecule has 0 aromatic rings. The topological polar surface area (TPSA) is 111 Å². The van der Waals surface area contributed by atoms with Gasteiger partial charge in [-0.05, 0) is 96.0 Å². The molecule has 0 saturated heterocycles. The number of esters is 1. The monoisotopic (exact) mass is 1100 g/mol. The quantitative estimate of drug-likeness (QED) is 0.0205. The lowest BCUT2D eigenvalue weighted by molar-refractivity contribution is -0.870. The number of nitrogens with one attached hydrogen (secondary N) is 1. The van der Waals surface area contributed by atoms with Crippen molar-refractivity contribution in [2.75, 3.05) is 40.9 Å². The third-order valence-corrected chi connectivity index (χ3v) is 15.1. The predicted molar refractivity (Wildman–Crippen MR) is 332 cm³/mol. The van der Waals surface area contributed by atoms with E-state index in [1.54, 1.807) is 0 Å². The van der Waals surface area contributed by atoms with Gasteiger partial charge < -0.3 is 19.4 Å². The van der Waals surface area contributed by atoms with E-state index in [2.05, 4.69) is 86.8 Å². The highest BCUT2D eigenvalue weighted by molar-refractivity contribution is 7.47. The number of amides is 1. The Labute approximate surface area is 476 Å². The maximum atomic E-state index is 13.6. The number of unbranched alkanes of at least 4 members (excludes halogenated alkanes) is 32. The van der Waals surface area contributed by atoms with Crippen LogP contribution in [0.25, 0.3) is 0 Å². The molecule has 0 radical (unpaired) electrons. The lowest BCUT2D eigenvalue weighted by Gasteiger charge is -2.27. The summed E-state index contributed by atoms with van der Waals surface area (Å²) in [5.74, 6) is -0.567. The summed E-state index contributed by atoms with van der Waals surface area (Å²) in [5.41, 5.74) is 0. The van der Waals surface area contributed by atoms with Crippen LogP contribution in [0.3, 0.4) is 0 Å². The first-order valence-electron chi connectivity index (χ1n) is 32.3. The van der Waals surface area contributed by atoms with Gasteiger partial charge in [0.05, 0.1) is 33.8 Å². The van der Waals surface area contributed by atoms with E-state index in [1.165, 1.54) is 186 Å². The number of allylic oxidation sites excluding steroid dienone is 11. The fraction of sp³-hybridized carbons (Fsp3) is 0.791. The average molecular weight is 1100 g/mol. The van der Waals surface area contributed by atoms with Gasteiger partial charge in [-0.1, -0.05) is 255 Å². The molecule has 0 aliphatic rings. The molecule has 0 rings (SSSR count). The second kappa shape index (κ2) is 56.7. The van der Waals surface area contributed by atoms with Crippen molar-refractivity contribution in [1.29, 1.82) is 0 Å². The van der Waals surface area contributed by atoms with Gasteiger partial charge in [0.2, 0.25) is 5.91 Å². The zero-order valence-electron chi connectivity index (χ0n) is 51.2. The summed E-state index contributed by atoms with van der Waals surface area (Å²) in [6.45, 7) is 6.95. The summed E-state index contributed by atoms with van der Waals surface area (Å²) in [5, 5.41) is 3.05. The smallest absolute Gasteiger partial charge is 0.456 e. The molecule has 2 N–H and O–H groups in total. The molecule has 0 spiro atoms. The van der Waals surface area contributed by atoms with Gasteiger partial charge in [-0.15, -0.1) is 0 Å². The lowest BCUT2D eigenvalue weighted by Crippen LogP contribution is -2.47. The number of nitrogens with zero attached hydrogens (tertiary/aromatic N) is 1. The number of quaternary nitrogens is 1. The Morgan fingerprint density at radius 3 is 1.25 bits per heavy atom. The SMILES string of the molecule is CCCCC/C=C\C/C=C\C/C=C\C/C=C\CCCC(=O)OC(/C=C\CCCCCCCCCCC)C(COP(=O)(O)OCC[N+](C)(C)C)NC(=O)CCCCCCCCCCCCCCC/C=C/CCCCCCCC. The molecule has 448 valence electrons. The van der Waals surface area contributed by atoms with E-state index in [9.17, 15) is 19.0 Å². The first kappa shape index (κ1) is 74.5. The third-order valence-electron chi connectivity index (χ3n) is 14.1. The number of phosphoric acid groups is 1. The second-order valence-electron chi connectivity index (χ2n) is 22.9. The van der Waals surface area contributed by atoms with Gasteiger partial charge in [-0.3, -0.25) is 18.6 Å². The van der Waals surface area contributed by atoms with Crippen molar-refractivity contribution in [3.63, 3.8) is 0 Å². The van der Waals surface area contributed by atoms with E-state index in [4.69, 9.17) is 13.8 Å². The minimum absolute atomic E-state index is 0.0304. The molecule has 3 unspecified atom stereocenters. The van der Waals surface area contributed by atoms with Crippen molar-refractivity contribution in [2.24, 2.45) is 0 Å². The fourth-order valence-corrected chi connectivity index (χ4v) is 9.84. The van der Waals surface area contributed by atoms with Crippen LogP contribution < -0.4 is 5.32 Å². The van der Waals surface area contributed by atoms with E-state index in [0.717, 1.165) is 64.2 Å². The number of carbonyl (C=O) groups excluding carboxylic acids is 2. The van der Waals surface area contributed by atoms with Gasteiger partial charge in [0.1, 0.15) is 19.3 Å². The summed E-state index contributed by atoms with van der Waals surface area (Å²) in [6.07, 6.45) is 73.4. The van der Waals surface area contributed by atoms with Crippen LogP contribution >= 0.6 is 7.82 Å². The molecule has 0 fully saturated rings. The van der Waals surface area contributed by atoms with Gasteiger partial charge in [0, 0.05) is 12.8 Å².